The number of carbonyl (C=O) groups excluding carboxylic acids is 1. The van der Waals surface area contributed by atoms with Crippen LogP contribution < -0.4 is 5.32 Å². The lowest BCUT2D eigenvalue weighted by atomic mass is 10.0. The van der Waals surface area contributed by atoms with Crippen molar-refractivity contribution >= 4 is 16.9 Å². The van der Waals surface area contributed by atoms with Crippen LogP contribution in [0.5, 0.6) is 0 Å². The van der Waals surface area contributed by atoms with Crippen LogP contribution in [-0.2, 0) is 24.2 Å². The first kappa shape index (κ1) is 21.8. The molecule has 0 aliphatic rings. The first-order valence-corrected chi connectivity index (χ1v) is 11.5. The van der Waals surface area contributed by atoms with Crippen molar-refractivity contribution in [3.63, 3.8) is 0 Å². The summed E-state index contributed by atoms with van der Waals surface area (Å²) in [7, 11) is 0. The lowest BCUT2D eigenvalue weighted by molar-refractivity contribution is -0.120. The minimum absolute atomic E-state index is 0.0631. The van der Waals surface area contributed by atoms with E-state index in [1.54, 1.807) is 0 Å². The Morgan fingerprint density at radius 1 is 0.906 bits per heavy atom. The Labute approximate surface area is 190 Å². The maximum absolute atomic E-state index is 12.4. The predicted octanol–water partition coefficient (Wildman–Crippen LogP) is 5.65. The molecule has 32 heavy (non-hydrogen) atoms. The van der Waals surface area contributed by atoms with Gasteiger partial charge < -0.3 is 9.88 Å². The molecule has 0 radical (unpaired) electrons. The van der Waals surface area contributed by atoms with Gasteiger partial charge in [0.15, 0.2) is 0 Å². The number of hydrogen-bond donors (Lipinski definition) is 1. The molecule has 0 atom stereocenters. The van der Waals surface area contributed by atoms with E-state index < -0.39 is 0 Å². The van der Waals surface area contributed by atoms with Gasteiger partial charge in [0.25, 0.3) is 0 Å². The highest BCUT2D eigenvalue weighted by Gasteiger charge is 2.11. The summed E-state index contributed by atoms with van der Waals surface area (Å²) in [6.07, 6.45) is 2.13. The molecule has 1 aromatic heterocycles. The number of amides is 1. The van der Waals surface area contributed by atoms with Crippen molar-refractivity contribution < 1.29 is 4.79 Å². The van der Waals surface area contributed by atoms with Gasteiger partial charge in [0.05, 0.1) is 17.5 Å². The largest absolute Gasteiger partial charge is 0.356 e. The van der Waals surface area contributed by atoms with E-state index in [0.29, 0.717) is 18.9 Å². The molecule has 0 fully saturated rings. The number of fused-ring (bicyclic) bond motifs is 1. The highest BCUT2D eigenvalue weighted by atomic mass is 16.1. The summed E-state index contributed by atoms with van der Waals surface area (Å²) >= 11 is 0. The second-order valence-corrected chi connectivity index (χ2v) is 8.71. The predicted molar refractivity (Wildman–Crippen MR) is 131 cm³/mol. The highest BCUT2D eigenvalue weighted by Crippen LogP contribution is 2.20. The van der Waals surface area contributed by atoms with Crippen LogP contribution in [0.15, 0.2) is 78.9 Å². The quantitative estimate of drug-likeness (QED) is 0.352. The third-order valence-electron chi connectivity index (χ3n) is 5.61. The Morgan fingerprint density at radius 2 is 1.59 bits per heavy atom. The van der Waals surface area contributed by atoms with Crippen molar-refractivity contribution in [2.75, 3.05) is 6.54 Å². The molecule has 0 bridgehead atoms. The van der Waals surface area contributed by atoms with Crippen molar-refractivity contribution in [1.82, 2.24) is 14.9 Å². The minimum Gasteiger partial charge on any atom is -0.356 e. The summed E-state index contributed by atoms with van der Waals surface area (Å²) in [5.74, 6) is 1.72. The maximum atomic E-state index is 12.4. The Morgan fingerprint density at radius 3 is 2.34 bits per heavy atom. The fraction of sp³-hybridized carbons (Fsp3) is 0.286. The molecule has 0 saturated heterocycles. The second-order valence-electron chi connectivity index (χ2n) is 8.71. The second kappa shape index (κ2) is 10.3. The van der Waals surface area contributed by atoms with Crippen LogP contribution in [0.4, 0.5) is 0 Å². The summed E-state index contributed by atoms with van der Waals surface area (Å²) in [5.41, 5.74) is 5.62. The fourth-order valence-corrected chi connectivity index (χ4v) is 4.05. The van der Waals surface area contributed by atoms with E-state index in [4.69, 9.17) is 4.98 Å². The van der Waals surface area contributed by atoms with Crippen LogP contribution >= 0.6 is 0 Å². The number of nitrogens with one attached hydrogen (secondary N) is 1. The number of benzene rings is 3. The van der Waals surface area contributed by atoms with Crippen molar-refractivity contribution in [2.45, 2.75) is 39.7 Å². The van der Waals surface area contributed by atoms with E-state index in [-0.39, 0.29) is 5.91 Å². The number of hydrogen-bond acceptors (Lipinski definition) is 2. The van der Waals surface area contributed by atoms with Gasteiger partial charge in [-0.25, -0.2) is 4.98 Å². The van der Waals surface area contributed by atoms with Crippen LogP contribution in [0, 0.1) is 5.92 Å². The summed E-state index contributed by atoms with van der Waals surface area (Å²) in [4.78, 5) is 17.2. The van der Waals surface area contributed by atoms with E-state index in [9.17, 15) is 4.79 Å². The monoisotopic (exact) mass is 425 g/mol. The number of aryl methyl sites for hydroxylation is 1. The Hall–Kier alpha value is -3.40. The van der Waals surface area contributed by atoms with Gasteiger partial charge in [0, 0.05) is 19.5 Å². The van der Waals surface area contributed by atoms with E-state index in [1.165, 1.54) is 16.6 Å². The topological polar surface area (TPSA) is 46.9 Å². The molecule has 3 aromatic carbocycles. The molecule has 4 nitrogen and oxygen atoms in total. The summed E-state index contributed by atoms with van der Waals surface area (Å²) in [5, 5.41) is 3.07. The minimum atomic E-state index is 0.0631. The number of nitrogens with zero attached hydrogens (tertiary/aromatic N) is 2. The molecular weight excluding hydrogens is 394 g/mol. The first-order chi connectivity index (χ1) is 15.6. The van der Waals surface area contributed by atoms with Crippen molar-refractivity contribution in [3.8, 4) is 11.1 Å². The molecule has 4 rings (SSSR count). The molecule has 1 amide bonds. The SMILES string of the molecule is CC(C)Cn1c(CCCNC(=O)Cc2ccc(-c3ccccc3)cc2)nc2ccccc21. The van der Waals surface area contributed by atoms with Crippen molar-refractivity contribution in [2.24, 2.45) is 5.92 Å². The van der Waals surface area contributed by atoms with Crippen molar-refractivity contribution in [3.05, 3.63) is 90.3 Å². The number of aromatic nitrogens is 2. The Bertz CT molecular complexity index is 1160. The van der Waals surface area contributed by atoms with Gasteiger partial charge >= 0.3 is 0 Å². The van der Waals surface area contributed by atoms with Gasteiger partial charge in [0.1, 0.15) is 5.82 Å². The van der Waals surface area contributed by atoms with Gasteiger partial charge in [-0.05, 0) is 41.2 Å². The molecule has 4 heteroatoms. The number of para-hydroxylation sites is 2. The molecule has 0 spiro atoms. The summed E-state index contributed by atoms with van der Waals surface area (Å²) in [6, 6.07) is 26.8. The number of imidazole rings is 1. The van der Waals surface area contributed by atoms with E-state index in [1.807, 2.05) is 36.4 Å². The molecule has 0 aliphatic carbocycles. The molecule has 4 aromatic rings. The lowest BCUT2D eigenvalue weighted by Gasteiger charge is -2.12. The summed E-state index contributed by atoms with van der Waals surface area (Å²) in [6.45, 7) is 6.07. The average Bonchev–Trinajstić information content (AvgIpc) is 3.14. The van der Waals surface area contributed by atoms with Crippen molar-refractivity contribution in [1.29, 1.82) is 0 Å². The molecular formula is C28H31N3O. The molecule has 0 unspecified atom stereocenters. The van der Waals surface area contributed by atoms with Gasteiger partial charge in [-0.2, -0.15) is 0 Å². The van der Waals surface area contributed by atoms with Gasteiger partial charge in [-0.1, -0.05) is 80.6 Å². The summed E-state index contributed by atoms with van der Waals surface area (Å²) < 4.78 is 2.33. The lowest BCUT2D eigenvalue weighted by Crippen LogP contribution is -2.26. The van der Waals surface area contributed by atoms with E-state index in [0.717, 1.165) is 36.3 Å². The average molecular weight is 426 g/mol. The van der Waals surface area contributed by atoms with E-state index >= 15 is 0 Å². The molecule has 0 saturated carbocycles. The Balaban J connectivity index is 1.28. The zero-order chi connectivity index (χ0) is 22.3. The zero-order valence-corrected chi connectivity index (χ0v) is 18.9. The van der Waals surface area contributed by atoms with Crippen LogP contribution in [0.3, 0.4) is 0 Å². The van der Waals surface area contributed by atoms with Crippen LogP contribution in [0.25, 0.3) is 22.2 Å². The third kappa shape index (κ3) is 5.44. The first-order valence-electron chi connectivity index (χ1n) is 11.5. The standard InChI is InChI=1S/C28H31N3O/c1-21(2)20-31-26-12-7-6-11-25(26)30-27(31)13-8-18-29-28(32)19-22-14-16-24(17-15-22)23-9-4-3-5-10-23/h3-7,9-12,14-17,21H,8,13,18-20H2,1-2H3,(H,29,32). The molecule has 1 N–H and O–H groups in total. The molecule has 1 heterocycles. The Kier molecular flexibility index (Phi) is 7.00. The zero-order valence-electron chi connectivity index (χ0n) is 18.9. The fourth-order valence-electron chi connectivity index (χ4n) is 4.05. The molecule has 164 valence electrons. The number of carbonyl (C=O) groups is 1. The van der Waals surface area contributed by atoms with Crippen LogP contribution in [0.2, 0.25) is 0 Å². The normalized spacial score (nSPS) is 11.2. The van der Waals surface area contributed by atoms with E-state index in [2.05, 4.69) is 66.2 Å². The van der Waals surface area contributed by atoms with Gasteiger partial charge in [-0.3, -0.25) is 4.79 Å². The van der Waals surface area contributed by atoms with Crippen LogP contribution in [0.1, 0.15) is 31.7 Å². The third-order valence-corrected chi connectivity index (χ3v) is 5.61. The maximum Gasteiger partial charge on any atom is 0.224 e. The van der Waals surface area contributed by atoms with Gasteiger partial charge in [0.2, 0.25) is 5.91 Å². The number of rotatable bonds is 9. The van der Waals surface area contributed by atoms with Crippen LogP contribution in [-0.4, -0.2) is 22.0 Å². The molecule has 0 aliphatic heterocycles. The van der Waals surface area contributed by atoms with Gasteiger partial charge in [-0.15, -0.1) is 0 Å². The smallest absolute Gasteiger partial charge is 0.224 e. The highest BCUT2D eigenvalue weighted by molar-refractivity contribution is 5.79.